The number of carbonyl (C=O) groups excluding carboxylic acids is 1. The molecule has 0 spiro atoms. The zero-order valence-corrected chi connectivity index (χ0v) is 14.1. The number of hydrogen-bond acceptors (Lipinski definition) is 3. The first-order valence-corrected chi connectivity index (χ1v) is 7.94. The third-order valence-electron chi connectivity index (χ3n) is 3.53. The minimum atomic E-state index is -4.86. The predicted octanol–water partition coefficient (Wildman–Crippen LogP) is 5.68. The summed E-state index contributed by atoms with van der Waals surface area (Å²) in [7, 11) is 0. The number of hydrogen-bond donors (Lipinski definition) is 2. The Morgan fingerprint density at radius 3 is 2.07 bits per heavy atom. The lowest BCUT2D eigenvalue weighted by Gasteiger charge is -2.12. The van der Waals surface area contributed by atoms with E-state index in [2.05, 4.69) is 15.6 Å². The van der Waals surface area contributed by atoms with Gasteiger partial charge >= 0.3 is 12.2 Å². The van der Waals surface area contributed by atoms with Crippen LogP contribution in [0.5, 0.6) is 11.5 Å². The van der Waals surface area contributed by atoms with Crippen LogP contribution in [0.4, 0.5) is 33.7 Å². The molecular formula is C19H13F4N3O2. The van der Waals surface area contributed by atoms with Crippen molar-refractivity contribution in [3.05, 3.63) is 78.4 Å². The molecule has 0 aliphatic carbocycles. The third kappa shape index (κ3) is 4.97. The Balaban J connectivity index is 1.62. The van der Waals surface area contributed by atoms with Gasteiger partial charge in [-0.2, -0.15) is 13.2 Å². The number of aromatic nitrogens is 1. The first kappa shape index (κ1) is 19.2. The average Bonchev–Trinajstić information content (AvgIpc) is 2.65. The summed E-state index contributed by atoms with van der Waals surface area (Å²) in [5.41, 5.74) is -1.26. The van der Waals surface area contributed by atoms with Crippen molar-refractivity contribution in [3.8, 4) is 11.5 Å². The molecular weight excluding hydrogens is 378 g/mol. The topological polar surface area (TPSA) is 63.2 Å². The zero-order valence-electron chi connectivity index (χ0n) is 14.1. The Morgan fingerprint density at radius 2 is 1.43 bits per heavy atom. The molecule has 5 nitrogen and oxygen atoms in total. The number of carbonyl (C=O) groups is 1. The van der Waals surface area contributed by atoms with E-state index in [0.29, 0.717) is 29.3 Å². The fourth-order valence-corrected chi connectivity index (χ4v) is 2.26. The number of amides is 2. The van der Waals surface area contributed by atoms with Gasteiger partial charge in [-0.1, -0.05) is 0 Å². The van der Waals surface area contributed by atoms with E-state index >= 15 is 0 Å². The predicted molar refractivity (Wildman–Crippen MR) is 94.8 cm³/mol. The van der Waals surface area contributed by atoms with E-state index < -0.39 is 23.6 Å². The smallest absolute Gasteiger partial charge is 0.419 e. The van der Waals surface area contributed by atoms with Crippen LogP contribution in [0.25, 0.3) is 0 Å². The number of nitrogens with one attached hydrogen (secondary N) is 2. The lowest BCUT2D eigenvalue weighted by molar-refractivity contribution is -0.139. The summed E-state index contributed by atoms with van der Waals surface area (Å²) in [6.45, 7) is 0. The van der Waals surface area contributed by atoms with Gasteiger partial charge in [-0.3, -0.25) is 4.98 Å². The second-order valence-electron chi connectivity index (χ2n) is 5.58. The number of urea groups is 1. The molecule has 9 heteroatoms. The highest BCUT2D eigenvalue weighted by atomic mass is 19.4. The molecule has 0 unspecified atom stereocenters. The monoisotopic (exact) mass is 391 g/mol. The average molecular weight is 391 g/mol. The quantitative estimate of drug-likeness (QED) is 0.563. The number of halogens is 4. The van der Waals surface area contributed by atoms with Crippen LogP contribution in [0.1, 0.15) is 5.56 Å². The van der Waals surface area contributed by atoms with Crippen molar-refractivity contribution < 1.29 is 27.1 Å². The maximum absolute atomic E-state index is 13.3. The Morgan fingerprint density at radius 1 is 0.857 bits per heavy atom. The number of pyridine rings is 1. The lowest BCUT2D eigenvalue weighted by atomic mass is 10.2. The highest BCUT2D eigenvalue weighted by molar-refractivity contribution is 5.99. The summed E-state index contributed by atoms with van der Waals surface area (Å²) in [5.74, 6) is -0.306. The summed E-state index contributed by atoms with van der Waals surface area (Å²) in [4.78, 5) is 15.8. The zero-order chi connectivity index (χ0) is 20.1. The van der Waals surface area contributed by atoms with Crippen LogP contribution in [0.2, 0.25) is 0 Å². The molecule has 3 aromatic rings. The van der Waals surface area contributed by atoms with E-state index in [4.69, 9.17) is 4.74 Å². The molecule has 1 heterocycles. The molecule has 0 aliphatic rings. The molecule has 1 aromatic heterocycles. The molecule has 0 saturated heterocycles. The van der Waals surface area contributed by atoms with Gasteiger partial charge in [0.2, 0.25) is 0 Å². The minimum Gasteiger partial charge on any atom is -0.457 e. The highest BCUT2D eigenvalue weighted by Crippen LogP contribution is 2.33. The minimum absolute atomic E-state index is 0.191. The van der Waals surface area contributed by atoms with E-state index in [1.165, 1.54) is 0 Å². The SMILES string of the molecule is O=C(Nc1ccc(Oc2ccncc2)cc1)Nc1ccc(F)c(C(F)(F)F)c1. The van der Waals surface area contributed by atoms with Gasteiger partial charge in [-0.15, -0.1) is 0 Å². The second kappa shape index (κ2) is 7.95. The molecule has 3 rings (SSSR count). The fourth-order valence-electron chi connectivity index (χ4n) is 2.26. The first-order chi connectivity index (χ1) is 13.3. The number of benzene rings is 2. The molecule has 2 aromatic carbocycles. The molecule has 0 atom stereocenters. The summed E-state index contributed by atoms with van der Waals surface area (Å²) >= 11 is 0. The van der Waals surface area contributed by atoms with Crippen LogP contribution in [-0.2, 0) is 6.18 Å². The van der Waals surface area contributed by atoms with Gasteiger partial charge in [-0.25, -0.2) is 9.18 Å². The van der Waals surface area contributed by atoms with Crippen molar-refractivity contribution in [1.82, 2.24) is 4.98 Å². The summed E-state index contributed by atoms with van der Waals surface area (Å²) in [6, 6.07) is 11.1. The molecule has 28 heavy (non-hydrogen) atoms. The number of nitrogens with zero attached hydrogens (tertiary/aromatic N) is 1. The largest absolute Gasteiger partial charge is 0.457 e. The van der Waals surface area contributed by atoms with Crippen LogP contribution in [0.15, 0.2) is 67.0 Å². The van der Waals surface area contributed by atoms with Gasteiger partial charge in [-0.05, 0) is 54.6 Å². The summed E-state index contributed by atoms with van der Waals surface area (Å²) in [5, 5.41) is 4.69. The van der Waals surface area contributed by atoms with Crippen LogP contribution >= 0.6 is 0 Å². The van der Waals surface area contributed by atoms with Crippen molar-refractivity contribution in [3.63, 3.8) is 0 Å². The Hall–Kier alpha value is -3.62. The maximum Gasteiger partial charge on any atom is 0.419 e. The molecule has 0 aliphatic heterocycles. The molecule has 2 N–H and O–H groups in total. The number of alkyl halides is 3. The Labute approximate surface area is 157 Å². The number of rotatable bonds is 4. The molecule has 0 saturated carbocycles. The maximum atomic E-state index is 13.3. The normalized spacial score (nSPS) is 11.0. The van der Waals surface area contributed by atoms with E-state index in [1.807, 2.05) is 0 Å². The standard InChI is InChI=1S/C19H13F4N3O2/c20-17-6-3-13(11-16(17)19(21,22)23)26-18(27)25-12-1-4-14(5-2-12)28-15-7-9-24-10-8-15/h1-11H,(H2,25,26,27). The molecule has 0 fully saturated rings. The van der Waals surface area contributed by atoms with Gasteiger partial charge in [0, 0.05) is 23.8 Å². The molecule has 2 amide bonds. The van der Waals surface area contributed by atoms with Crippen molar-refractivity contribution >= 4 is 17.4 Å². The number of ether oxygens (including phenoxy) is 1. The Kier molecular flexibility index (Phi) is 5.44. The lowest BCUT2D eigenvalue weighted by Crippen LogP contribution is -2.20. The highest BCUT2D eigenvalue weighted by Gasteiger charge is 2.34. The van der Waals surface area contributed by atoms with E-state index in [9.17, 15) is 22.4 Å². The third-order valence-corrected chi connectivity index (χ3v) is 3.53. The van der Waals surface area contributed by atoms with Gasteiger partial charge in [0.15, 0.2) is 0 Å². The molecule has 144 valence electrons. The first-order valence-electron chi connectivity index (χ1n) is 7.94. The van der Waals surface area contributed by atoms with Gasteiger partial charge in [0.25, 0.3) is 0 Å². The Bertz CT molecular complexity index is 961. The van der Waals surface area contributed by atoms with E-state index in [1.54, 1.807) is 48.8 Å². The van der Waals surface area contributed by atoms with Gasteiger partial charge < -0.3 is 15.4 Å². The number of anilines is 2. The van der Waals surface area contributed by atoms with Crippen LogP contribution < -0.4 is 15.4 Å². The molecule has 0 radical (unpaired) electrons. The molecule has 0 bridgehead atoms. The fraction of sp³-hybridized carbons (Fsp3) is 0.0526. The second-order valence-corrected chi connectivity index (χ2v) is 5.58. The van der Waals surface area contributed by atoms with E-state index in [0.717, 1.165) is 6.07 Å². The van der Waals surface area contributed by atoms with Crippen LogP contribution in [0, 0.1) is 5.82 Å². The van der Waals surface area contributed by atoms with Gasteiger partial charge in [0.05, 0.1) is 5.56 Å². The summed E-state index contributed by atoms with van der Waals surface area (Å²) in [6.07, 6.45) is -1.70. The van der Waals surface area contributed by atoms with Crippen molar-refractivity contribution in [2.45, 2.75) is 6.18 Å². The van der Waals surface area contributed by atoms with Crippen molar-refractivity contribution in [2.24, 2.45) is 0 Å². The summed E-state index contributed by atoms with van der Waals surface area (Å²) < 4.78 is 57.0. The van der Waals surface area contributed by atoms with Gasteiger partial charge in [0.1, 0.15) is 17.3 Å². The van der Waals surface area contributed by atoms with Crippen LogP contribution in [-0.4, -0.2) is 11.0 Å². The van der Waals surface area contributed by atoms with Crippen molar-refractivity contribution in [1.29, 1.82) is 0 Å². The van der Waals surface area contributed by atoms with Crippen LogP contribution in [0.3, 0.4) is 0 Å². The van der Waals surface area contributed by atoms with Crippen molar-refractivity contribution in [2.75, 3.05) is 10.6 Å². The van der Waals surface area contributed by atoms with E-state index in [-0.39, 0.29) is 5.69 Å².